The second-order valence-corrected chi connectivity index (χ2v) is 4.95. The Morgan fingerprint density at radius 2 is 1.67 bits per heavy atom. The maximum atomic E-state index is 9.94. The van der Waals surface area contributed by atoms with Gasteiger partial charge in [-0.15, -0.1) is 0 Å². The van der Waals surface area contributed by atoms with Crippen LogP contribution in [-0.4, -0.2) is 17.8 Å². The Morgan fingerprint density at radius 3 is 1.75 bits per heavy atom. The molecule has 2 heteroatoms. The number of rotatable bonds is 3. The van der Waals surface area contributed by atoms with E-state index >= 15 is 0 Å². The Bertz CT molecular complexity index is 126. The maximum Gasteiger partial charge on any atom is 0.0631 e. The zero-order valence-electron chi connectivity index (χ0n) is 8.96. The molecule has 0 bridgehead atoms. The molecule has 2 atom stereocenters. The highest BCUT2D eigenvalue weighted by Gasteiger charge is 2.31. The van der Waals surface area contributed by atoms with Gasteiger partial charge in [-0.1, -0.05) is 34.6 Å². The summed E-state index contributed by atoms with van der Waals surface area (Å²) in [4.78, 5) is 0. The summed E-state index contributed by atoms with van der Waals surface area (Å²) in [6.45, 7) is 10.9. The molecule has 12 heavy (non-hydrogen) atoms. The van der Waals surface area contributed by atoms with Crippen molar-refractivity contribution < 1.29 is 5.11 Å². The first-order valence-electron chi connectivity index (χ1n) is 4.68. The van der Waals surface area contributed by atoms with Gasteiger partial charge in [0, 0.05) is 0 Å². The van der Waals surface area contributed by atoms with E-state index in [2.05, 4.69) is 13.8 Å². The fraction of sp³-hybridized carbons (Fsp3) is 1.00. The standard InChI is InChI=1S/C10H23NO/c1-7(2)8(6-11)9(12)10(3,4)5/h7-9,12H,6,11H2,1-5H3. The summed E-state index contributed by atoms with van der Waals surface area (Å²) in [6.07, 6.45) is -0.303. The highest BCUT2D eigenvalue weighted by atomic mass is 16.3. The van der Waals surface area contributed by atoms with Crippen LogP contribution in [0.15, 0.2) is 0 Å². The van der Waals surface area contributed by atoms with Crippen LogP contribution in [0.25, 0.3) is 0 Å². The minimum Gasteiger partial charge on any atom is -0.392 e. The van der Waals surface area contributed by atoms with E-state index in [-0.39, 0.29) is 17.4 Å². The topological polar surface area (TPSA) is 46.2 Å². The van der Waals surface area contributed by atoms with Gasteiger partial charge in [-0.05, 0) is 23.8 Å². The van der Waals surface area contributed by atoms with Gasteiger partial charge in [0.05, 0.1) is 6.10 Å². The van der Waals surface area contributed by atoms with E-state index < -0.39 is 0 Å². The Hall–Kier alpha value is -0.0800. The molecule has 0 amide bonds. The largest absolute Gasteiger partial charge is 0.392 e. The van der Waals surface area contributed by atoms with Gasteiger partial charge in [-0.2, -0.15) is 0 Å². The van der Waals surface area contributed by atoms with Gasteiger partial charge in [0.2, 0.25) is 0 Å². The summed E-state index contributed by atoms with van der Waals surface area (Å²) in [5.41, 5.74) is 5.55. The number of hydrogen-bond donors (Lipinski definition) is 2. The van der Waals surface area contributed by atoms with E-state index in [9.17, 15) is 5.11 Å². The lowest BCUT2D eigenvalue weighted by Gasteiger charge is -2.34. The Labute approximate surface area is 76.2 Å². The van der Waals surface area contributed by atoms with Gasteiger partial charge in [0.15, 0.2) is 0 Å². The molecule has 0 aliphatic rings. The fourth-order valence-electron chi connectivity index (χ4n) is 1.41. The van der Waals surface area contributed by atoms with Crippen LogP contribution in [0.4, 0.5) is 0 Å². The molecule has 0 aromatic rings. The lowest BCUT2D eigenvalue weighted by atomic mass is 9.77. The highest BCUT2D eigenvalue weighted by molar-refractivity contribution is 4.82. The normalized spacial score (nSPS) is 18.0. The zero-order valence-corrected chi connectivity index (χ0v) is 8.96. The molecule has 0 aromatic carbocycles. The van der Waals surface area contributed by atoms with Crippen molar-refractivity contribution in [2.45, 2.75) is 40.7 Å². The van der Waals surface area contributed by atoms with Crippen molar-refractivity contribution in [3.05, 3.63) is 0 Å². The van der Waals surface area contributed by atoms with Gasteiger partial charge in [0.1, 0.15) is 0 Å². The van der Waals surface area contributed by atoms with Crippen LogP contribution >= 0.6 is 0 Å². The summed E-state index contributed by atoms with van der Waals surface area (Å²) >= 11 is 0. The number of hydrogen-bond acceptors (Lipinski definition) is 2. The Kier molecular flexibility index (Phi) is 4.21. The minimum atomic E-state index is -0.303. The molecule has 0 aliphatic carbocycles. The molecule has 0 saturated heterocycles. The van der Waals surface area contributed by atoms with Crippen LogP contribution in [0.1, 0.15) is 34.6 Å². The molecule has 0 radical (unpaired) electrons. The lowest BCUT2D eigenvalue weighted by molar-refractivity contribution is -0.00205. The second kappa shape index (κ2) is 4.24. The number of aliphatic hydroxyl groups excluding tert-OH is 1. The summed E-state index contributed by atoms with van der Waals surface area (Å²) in [7, 11) is 0. The number of aliphatic hydroxyl groups is 1. The Balaban J connectivity index is 4.32. The van der Waals surface area contributed by atoms with E-state index in [1.807, 2.05) is 20.8 Å². The van der Waals surface area contributed by atoms with E-state index in [4.69, 9.17) is 5.73 Å². The summed E-state index contributed by atoms with van der Waals surface area (Å²) in [6, 6.07) is 0. The lowest BCUT2D eigenvalue weighted by Crippen LogP contribution is -2.40. The van der Waals surface area contributed by atoms with Crippen molar-refractivity contribution in [2.75, 3.05) is 6.54 Å². The second-order valence-electron chi connectivity index (χ2n) is 4.95. The van der Waals surface area contributed by atoms with Crippen molar-refractivity contribution in [3.8, 4) is 0 Å². The first kappa shape index (κ1) is 11.9. The van der Waals surface area contributed by atoms with Gasteiger partial charge < -0.3 is 10.8 Å². The third kappa shape index (κ3) is 3.11. The molecule has 0 saturated carbocycles. The monoisotopic (exact) mass is 173 g/mol. The predicted molar refractivity (Wildman–Crippen MR) is 52.8 cm³/mol. The predicted octanol–water partition coefficient (Wildman–Crippen LogP) is 1.62. The van der Waals surface area contributed by atoms with E-state index in [0.717, 1.165) is 0 Å². The van der Waals surface area contributed by atoms with E-state index in [1.165, 1.54) is 0 Å². The molecule has 0 heterocycles. The van der Waals surface area contributed by atoms with Crippen LogP contribution in [-0.2, 0) is 0 Å². The molecule has 3 N–H and O–H groups in total. The van der Waals surface area contributed by atoms with Gasteiger partial charge >= 0.3 is 0 Å². The van der Waals surface area contributed by atoms with Crippen molar-refractivity contribution in [3.63, 3.8) is 0 Å². The molecule has 0 rings (SSSR count). The minimum absolute atomic E-state index is 0.0612. The molecule has 2 nitrogen and oxygen atoms in total. The summed E-state index contributed by atoms with van der Waals surface area (Å²) < 4.78 is 0. The first-order chi connectivity index (χ1) is 5.30. The zero-order chi connectivity index (χ0) is 9.94. The van der Waals surface area contributed by atoms with Crippen molar-refractivity contribution >= 4 is 0 Å². The first-order valence-corrected chi connectivity index (χ1v) is 4.68. The molecule has 74 valence electrons. The fourth-order valence-corrected chi connectivity index (χ4v) is 1.41. The van der Waals surface area contributed by atoms with Crippen molar-refractivity contribution in [1.82, 2.24) is 0 Å². The molecular formula is C10H23NO. The van der Waals surface area contributed by atoms with Crippen molar-refractivity contribution in [1.29, 1.82) is 0 Å². The summed E-state index contributed by atoms with van der Waals surface area (Å²) in [5, 5.41) is 9.94. The summed E-state index contributed by atoms with van der Waals surface area (Å²) in [5.74, 6) is 0.661. The molecule has 0 aliphatic heterocycles. The molecule has 2 unspecified atom stereocenters. The van der Waals surface area contributed by atoms with Gasteiger partial charge in [0.25, 0.3) is 0 Å². The number of nitrogens with two attached hydrogens (primary N) is 1. The SMILES string of the molecule is CC(C)C(CN)C(O)C(C)(C)C. The van der Waals surface area contributed by atoms with Crippen LogP contribution in [0.3, 0.4) is 0 Å². The third-order valence-corrected chi connectivity index (χ3v) is 2.42. The van der Waals surface area contributed by atoms with Crippen LogP contribution in [0, 0.1) is 17.3 Å². The van der Waals surface area contributed by atoms with Crippen LogP contribution in [0.5, 0.6) is 0 Å². The van der Waals surface area contributed by atoms with Gasteiger partial charge in [-0.25, -0.2) is 0 Å². The Morgan fingerprint density at radius 1 is 1.25 bits per heavy atom. The maximum absolute atomic E-state index is 9.94. The molecular weight excluding hydrogens is 150 g/mol. The average molecular weight is 173 g/mol. The molecule has 0 aromatic heterocycles. The van der Waals surface area contributed by atoms with E-state index in [1.54, 1.807) is 0 Å². The third-order valence-electron chi connectivity index (χ3n) is 2.42. The molecule has 0 spiro atoms. The highest BCUT2D eigenvalue weighted by Crippen LogP contribution is 2.28. The van der Waals surface area contributed by atoms with Crippen LogP contribution in [0.2, 0.25) is 0 Å². The molecule has 0 fully saturated rings. The smallest absolute Gasteiger partial charge is 0.0631 e. The van der Waals surface area contributed by atoms with E-state index in [0.29, 0.717) is 12.5 Å². The van der Waals surface area contributed by atoms with Crippen molar-refractivity contribution in [2.24, 2.45) is 23.0 Å². The van der Waals surface area contributed by atoms with Crippen LogP contribution < -0.4 is 5.73 Å². The van der Waals surface area contributed by atoms with Gasteiger partial charge in [-0.3, -0.25) is 0 Å². The quantitative estimate of drug-likeness (QED) is 0.681. The average Bonchev–Trinajstić information content (AvgIpc) is 1.86.